The Labute approximate surface area is 127 Å². The number of aromatic nitrogens is 3. The van der Waals surface area contributed by atoms with E-state index in [1.165, 1.54) is 5.56 Å². The van der Waals surface area contributed by atoms with Crippen LogP contribution in [0.2, 0.25) is 0 Å². The van der Waals surface area contributed by atoms with Crippen LogP contribution in [0.1, 0.15) is 49.8 Å². The monoisotopic (exact) mass is 286 g/mol. The van der Waals surface area contributed by atoms with Crippen LogP contribution in [0.4, 0.5) is 0 Å². The van der Waals surface area contributed by atoms with Crippen LogP contribution in [0.3, 0.4) is 0 Å². The van der Waals surface area contributed by atoms with E-state index in [9.17, 15) is 0 Å². The number of imidazole rings is 1. The first-order valence-electron chi connectivity index (χ1n) is 7.75. The minimum atomic E-state index is 0.480. The Kier molecular flexibility index (Phi) is 5.12. The summed E-state index contributed by atoms with van der Waals surface area (Å²) in [7, 11) is 0. The first kappa shape index (κ1) is 15.7. The van der Waals surface area contributed by atoms with Crippen LogP contribution in [0.25, 0.3) is 5.82 Å². The zero-order valence-electron chi connectivity index (χ0n) is 13.8. The van der Waals surface area contributed by atoms with Crippen LogP contribution < -0.4 is 5.32 Å². The summed E-state index contributed by atoms with van der Waals surface area (Å²) in [5.41, 5.74) is 4.64. The van der Waals surface area contributed by atoms with Gasteiger partial charge in [-0.25, -0.2) is 9.97 Å². The molecule has 0 bridgehead atoms. The number of hydrogen-bond donors (Lipinski definition) is 1. The maximum absolute atomic E-state index is 4.79. The summed E-state index contributed by atoms with van der Waals surface area (Å²) >= 11 is 0. The summed E-state index contributed by atoms with van der Waals surface area (Å²) in [6, 6.07) is 4.85. The third kappa shape index (κ3) is 3.91. The molecule has 2 rings (SSSR count). The van der Waals surface area contributed by atoms with Crippen molar-refractivity contribution in [3.8, 4) is 5.82 Å². The Morgan fingerprint density at radius 2 is 2.00 bits per heavy atom. The lowest BCUT2D eigenvalue weighted by Crippen LogP contribution is -2.22. The van der Waals surface area contributed by atoms with Gasteiger partial charge in [-0.3, -0.25) is 4.57 Å². The summed E-state index contributed by atoms with van der Waals surface area (Å²) in [4.78, 5) is 9.17. The van der Waals surface area contributed by atoms with Crippen molar-refractivity contribution < 1.29 is 0 Å². The van der Waals surface area contributed by atoms with Crippen LogP contribution in [0, 0.1) is 13.8 Å². The van der Waals surface area contributed by atoms with Crippen molar-refractivity contribution in [2.45, 2.75) is 60.0 Å². The molecule has 0 saturated heterocycles. The molecule has 0 aliphatic heterocycles. The first-order valence-corrected chi connectivity index (χ1v) is 7.75. The zero-order valence-corrected chi connectivity index (χ0v) is 13.8. The molecule has 2 heterocycles. The van der Waals surface area contributed by atoms with Gasteiger partial charge in [-0.05, 0) is 38.0 Å². The fourth-order valence-corrected chi connectivity index (χ4v) is 2.29. The first-order chi connectivity index (χ1) is 10.0. The summed E-state index contributed by atoms with van der Waals surface area (Å²) < 4.78 is 2.08. The molecule has 1 N–H and O–H groups in total. The molecule has 0 saturated carbocycles. The average Bonchev–Trinajstić information content (AvgIpc) is 2.77. The van der Waals surface area contributed by atoms with E-state index >= 15 is 0 Å². The predicted molar refractivity (Wildman–Crippen MR) is 86.8 cm³/mol. The molecular formula is C17H26N4. The molecule has 2 aromatic heterocycles. The Morgan fingerprint density at radius 1 is 1.24 bits per heavy atom. The van der Waals surface area contributed by atoms with Gasteiger partial charge in [0.2, 0.25) is 0 Å². The predicted octanol–water partition coefficient (Wildman–Crippen LogP) is 3.33. The van der Waals surface area contributed by atoms with Crippen molar-refractivity contribution in [2.24, 2.45) is 0 Å². The third-order valence-corrected chi connectivity index (χ3v) is 3.64. The number of aryl methyl sites for hydroxylation is 2. The Morgan fingerprint density at radius 3 is 2.57 bits per heavy atom. The minimum Gasteiger partial charge on any atom is -0.310 e. The van der Waals surface area contributed by atoms with Gasteiger partial charge >= 0.3 is 0 Å². The highest BCUT2D eigenvalue weighted by atomic mass is 15.1. The van der Waals surface area contributed by atoms with Crippen LogP contribution in [-0.4, -0.2) is 20.6 Å². The van der Waals surface area contributed by atoms with Gasteiger partial charge in [0, 0.05) is 24.0 Å². The van der Waals surface area contributed by atoms with Gasteiger partial charge in [0.15, 0.2) is 0 Å². The molecule has 0 atom stereocenters. The molecule has 0 unspecified atom stereocenters. The lowest BCUT2D eigenvalue weighted by Gasteiger charge is -2.13. The van der Waals surface area contributed by atoms with E-state index in [0.717, 1.165) is 42.3 Å². The van der Waals surface area contributed by atoms with E-state index in [4.69, 9.17) is 4.98 Å². The lowest BCUT2D eigenvalue weighted by atomic mass is 10.1. The number of rotatable bonds is 6. The Hall–Kier alpha value is -1.68. The molecule has 114 valence electrons. The summed E-state index contributed by atoms with van der Waals surface area (Å²) in [5, 5.41) is 3.48. The van der Waals surface area contributed by atoms with Gasteiger partial charge < -0.3 is 5.32 Å². The molecule has 2 aromatic rings. The smallest absolute Gasteiger partial charge is 0.138 e. The average molecular weight is 286 g/mol. The summed E-state index contributed by atoms with van der Waals surface area (Å²) in [5.74, 6) is 0.972. The molecule has 0 aliphatic carbocycles. The standard InChI is InChI=1S/C17H26N4/c1-6-7-16-8-15(10-18-12(2)3)9-17(20-16)21-11-19-13(4)14(21)5/h8-9,11-12,18H,6-7,10H2,1-5H3. The van der Waals surface area contributed by atoms with Gasteiger partial charge in [-0.15, -0.1) is 0 Å². The van der Waals surface area contributed by atoms with E-state index in [1.807, 2.05) is 13.3 Å². The molecule has 4 nitrogen and oxygen atoms in total. The van der Waals surface area contributed by atoms with E-state index in [1.54, 1.807) is 0 Å². The molecule has 0 radical (unpaired) electrons. The molecule has 4 heteroatoms. The second kappa shape index (κ2) is 6.85. The fraction of sp³-hybridized carbons (Fsp3) is 0.529. The SMILES string of the molecule is CCCc1cc(CNC(C)C)cc(-n2cnc(C)c2C)n1. The molecular weight excluding hydrogens is 260 g/mol. The molecule has 0 aliphatic rings. The number of nitrogens with one attached hydrogen (secondary N) is 1. The second-order valence-electron chi connectivity index (χ2n) is 5.90. The number of pyridine rings is 1. The molecule has 0 spiro atoms. The molecule has 0 fully saturated rings. The highest BCUT2D eigenvalue weighted by Gasteiger charge is 2.09. The van der Waals surface area contributed by atoms with Crippen molar-refractivity contribution in [2.75, 3.05) is 0 Å². The lowest BCUT2D eigenvalue weighted by molar-refractivity contribution is 0.587. The second-order valence-corrected chi connectivity index (χ2v) is 5.90. The van der Waals surface area contributed by atoms with Crippen molar-refractivity contribution in [3.05, 3.63) is 41.1 Å². The maximum atomic E-state index is 4.79. The van der Waals surface area contributed by atoms with E-state index in [0.29, 0.717) is 6.04 Å². The van der Waals surface area contributed by atoms with Crippen LogP contribution in [-0.2, 0) is 13.0 Å². The minimum absolute atomic E-state index is 0.480. The van der Waals surface area contributed by atoms with Crippen molar-refractivity contribution in [1.82, 2.24) is 19.9 Å². The van der Waals surface area contributed by atoms with Crippen molar-refractivity contribution in [1.29, 1.82) is 0 Å². The highest BCUT2D eigenvalue weighted by Crippen LogP contribution is 2.16. The third-order valence-electron chi connectivity index (χ3n) is 3.64. The van der Waals surface area contributed by atoms with Gasteiger partial charge in [0.25, 0.3) is 0 Å². The van der Waals surface area contributed by atoms with E-state index in [2.05, 4.69) is 54.7 Å². The topological polar surface area (TPSA) is 42.7 Å². The van der Waals surface area contributed by atoms with Gasteiger partial charge in [-0.2, -0.15) is 0 Å². The number of nitrogens with zero attached hydrogens (tertiary/aromatic N) is 3. The van der Waals surface area contributed by atoms with Gasteiger partial charge in [-0.1, -0.05) is 27.2 Å². The highest BCUT2D eigenvalue weighted by molar-refractivity contribution is 5.34. The Bertz CT molecular complexity index is 599. The quantitative estimate of drug-likeness (QED) is 0.885. The van der Waals surface area contributed by atoms with Crippen LogP contribution in [0.15, 0.2) is 18.5 Å². The fourth-order valence-electron chi connectivity index (χ4n) is 2.29. The van der Waals surface area contributed by atoms with Crippen LogP contribution >= 0.6 is 0 Å². The zero-order chi connectivity index (χ0) is 15.4. The molecule has 0 aromatic carbocycles. The molecule has 21 heavy (non-hydrogen) atoms. The Balaban J connectivity index is 2.37. The maximum Gasteiger partial charge on any atom is 0.138 e. The van der Waals surface area contributed by atoms with Gasteiger partial charge in [0.05, 0.1) is 5.69 Å². The van der Waals surface area contributed by atoms with Crippen molar-refractivity contribution >= 4 is 0 Å². The van der Waals surface area contributed by atoms with E-state index < -0.39 is 0 Å². The van der Waals surface area contributed by atoms with Gasteiger partial charge in [0.1, 0.15) is 12.1 Å². The van der Waals surface area contributed by atoms with Crippen molar-refractivity contribution in [3.63, 3.8) is 0 Å². The van der Waals surface area contributed by atoms with Crippen LogP contribution in [0.5, 0.6) is 0 Å². The summed E-state index contributed by atoms with van der Waals surface area (Å²) in [6.07, 6.45) is 3.98. The number of hydrogen-bond acceptors (Lipinski definition) is 3. The van der Waals surface area contributed by atoms with E-state index in [-0.39, 0.29) is 0 Å². The summed E-state index contributed by atoms with van der Waals surface area (Å²) in [6.45, 7) is 11.5. The largest absolute Gasteiger partial charge is 0.310 e. The molecule has 0 amide bonds. The normalized spacial score (nSPS) is 11.3.